The van der Waals surface area contributed by atoms with E-state index in [4.69, 9.17) is 4.74 Å². The molecule has 1 N–H and O–H groups in total. The maximum atomic E-state index is 13.3. The lowest BCUT2D eigenvalue weighted by Crippen LogP contribution is -2.65. The Morgan fingerprint density at radius 3 is 2.16 bits per heavy atom. The fourth-order valence-corrected chi connectivity index (χ4v) is 5.94. The van der Waals surface area contributed by atoms with Crippen molar-refractivity contribution in [2.75, 3.05) is 13.1 Å². The number of carbonyl (C=O) groups is 1. The van der Waals surface area contributed by atoms with Crippen LogP contribution in [0.25, 0.3) is 0 Å². The van der Waals surface area contributed by atoms with Gasteiger partial charge >= 0.3 is 12.1 Å². The first kappa shape index (κ1) is 27.2. The van der Waals surface area contributed by atoms with E-state index in [0.29, 0.717) is 18.5 Å². The Labute approximate surface area is 220 Å². The van der Waals surface area contributed by atoms with Crippen molar-refractivity contribution in [1.29, 1.82) is 0 Å². The van der Waals surface area contributed by atoms with Crippen LogP contribution in [0.15, 0.2) is 84.9 Å². The van der Waals surface area contributed by atoms with Crippen LogP contribution < -0.4 is 0 Å². The highest BCUT2D eigenvalue weighted by Gasteiger charge is 2.53. The van der Waals surface area contributed by atoms with E-state index in [2.05, 4.69) is 29.2 Å². The number of carboxylic acid groups (broad SMARTS) is 1. The Hall–Kier alpha value is -2.87. The fourth-order valence-electron chi connectivity index (χ4n) is 5.94. The van der Waals surface area contributed by atoms with E-state index in [0.717, 1.165) is 29.8 Å². The average Bonchev–Trinajstić information content (AvgIpc) is 2.89. The first-order chi connectivity index (χ1) is 17.3. The Morgan fingerprint density at radius 2 is 1.59 bits per heavy atom. The van der Waals surface area contributed by atoms with Crippen molar-refractivity contribution in [3.05, 3.63) is 107 Å². The number of piperidine rings is 3. The molecule has 1 unspecified atom stereocenters. The van der Waals surface area contributed by atoms with Crippen molar-refractivity contribution in [1.82, 2.24) is 4.90 Å². The topological polar surface area (TPSA) is 49.8 Å². The van der Waals surface area contributed by atoms with Crippen LogP contribution in [0.5, 0.6) is 0 Å². The lowest BCUT2D eigenvalue weighted by Gasteiger charge is -2.55. The third kappa shape index (κ3) is 5.69. The van der Waals surface area contributed by atoms with Crippen LogP contribution in [0.3, 0.4) is 0 Å². The summed E-state index contributed by atoms with van der Waals surface area (Å²) in [6, 6.07) is 25.1. The van der Waals surface area contributed by atoms with Crippen LogP contribution >= 0.6 is 12.4 Å². The molecule has 3 aliphatic heterocycles. The van der Waals surface area contributed by atoms with Crippen molar-refractivity contribution >= 4 is 18.4 Å². The number of hydrogen-bond donors (Lipinski definition) is 1. The van der Waals surface area contributed by atoms with Gasteiger partial charge in [0.2, 0.25) is 0 Å². The summed E-state index contributed by atoms with van der Waals surface area (Å²) in [7, 11) is 0. The molecule has 3 aromatic rings. The van der Waals surface area contributed by atoms with Gasteiger partial charge in [-0.25, -0.2) is 0 Å². The number of hydrogen-bond acceptors (Lipinski definition) is 3. The van der Waals surface area contributed by atoms with Gasteiger partial charge in [-0.05, 0) is 41.8 Å². The summed E-state index contributed by atoms with van der Waals surface area (Å²) >= 11 is 0. The molecule has 3 fully saturated rings. The highest BCUT2D eigenvalue weighted by atomic mass is 35.5. The normalized spacial score (nSPS) is 25.0. The number of rotatable bonds is 7. The fraction of sp³-hybridized carbons (Fsp3) is 0.345. The molecular formula is C29H29ClF3NO3. The van der Waals surface area contributed by atoms with Crippen LogP contribution in [0.1, 0.15) is 34.6 Å². The van der Waals surface area contributed by atoms with Gasteiger partial charge in [-0.15, -0.1) is 12.4 Å². The predicted octanol–water partition coefficient (Wildman–Crippen LogP) is 6.25. The molecule has 3 saturated heterocycles. The number of ether oxygens (including phenoxy) is 1. The lowest BCUT2D eigenvalue weighted by molar-refractivity contribution is -0.172. The van der Waals surface area contributed by atoms with Crippen LogP contribution in [-0.4, -0.2) is 41.2 Å². The number of carboxylic acids is 1. The standard InChI is InChI=1S/C29H28F3NO3.ClH/c30-29(31,32)22-13-7-8-19(16-22)18-36-27-23-14-15-33(17-24(23)28(34)35)26(27)25(20-9-3-1-4-10-20)21-11-5-2-6-12-21;/h1-13,16,23-27H,14-15,17-18H2,(H,34,35);1H/t23-,24-,26-,27+;/m1./s1. The summed E-state index contributed by atoms with van der Waals surface area (Å²) in [4.78, 5) is 14.3. The number of benzene rings is 3. The lowest BCUT2D eigenvalue weighted by atomic mass is 9.68. The molecule has 196 valence electrons. The predicted molar refractivity (Wildman–Crippen MR) is 137 cm³/mol. The highest BCUT2D eigenvalue weighted by Crippen LogP contribution is 2.46. The van der Waals surface area contributed by atoms with Gasteiger partial charge in [-0.2, -0.15) is 13.2 Å². The Kier molecular flexibility index (Phi) is 8.26. The van der Waals surface area contributed by atoms with Gasteiger partial charge < -0.3 is 9.84 Å². The molecule has 3 aliphatic rings. The minimum Gasteiger partial charge on any atom is -0.481 e. The molecule has 0 saturated carbocycles. The van der Waals surface area contributed by atoms with Crippen LogP contribution in [-0.2, 0) is 22.3 Å². The maximum absolute atomic E-state index is 13.3. The monoisotopic (exact) mass is 531 g/mol. The third-order valence-corrected chi connectivity index (χ3v) is 7.55. The SMILES string of the molecule is Cl.O=C(O)[C@@H]1CN2CC[C@H]1[C@H](OCc1cccc(C(F)(F)F)c1)[C@H]2C(c1ccccc1)c1ccccc1. The molecule has 0 amide bonds. The van der Waals surface area contributed by atoms with E-state index in [-0.39, 0.29) is 36.9 Å². The van der Waals surface area contributed by atoms with Gasteiger partial charge in [0.25, 0.3) is 0 Å². The summed E-state index contributed by atoms with van der Waals surface area (Å²) < 4.78 is 46.2. The third-order valence-electron chi connectivity index (χ3n) is 7.55. The molecular weight excluding hydrogens is 503 g/mol. The molecule has 0 aliphatic carbocycles. The minimum absolute atomic E-state index is 0. The number of nitrogens with zero attached hydrogens (tertiary/aromatic N) is 1. The van der Waals surface area contributed by atoms with Gasteiger partial charge in [0, 0.05) is 24.4 Å². The second kappa shape index (κ2) is 11.3. The van der Waals surface area contributed by atoms with Crippen molar-refractivity contribution in [3.8, 4) is 0 Å². The highest BCUT2D eigenvalue weighted by molar-refractivity contribution is 5.85. The summed E-state index contributed by atoms with van der Waals surface area (Å²) in [5.41, 5.74) is 1.90. The quantitative estimate of drug-likeness (QED) is 0.391. The molecule has 2 bridgehead atoms. The zero-order chi connectivity index (χ0) is 25.3. The molecule has 0 radical (unpaired) electrons. The first-order valence-electron chi connectivity index (χ1n) is 12.2. The van der Waals surface area contributed by atoms with Crippen molar-refractivity contribution in [3.63, 3.8) is 0 Å². The van der Waals surface area contributed by atoms with Crippen molar-refractivity contribution < 1.29 is 27.8 Å². The van der Waals surface area contributed by atoms with Gasteiger partial charge in [0.1, 0.15) is 0 Å². The van der Waals surface area contributed by atoms with Gasteiger partial charge in [0.05, 0.1) is 24.2 Å². The van der Waals surface area contributed by atoms with E-state index in [1.54, 1.807) is 6.07 Å². The zero-order valence-electron chi connectivity index (χ0n) is 20.1. The van der Waals surface area contributed by atoms with Crippen molar-refractivity contribution in [2.45, 2.75) is 37.3 Å². The summed E-state index contributed by atoms with van der Waals surface area (Å²) in [5, 5.41) is 9.94. The van der Waals surface area contributed by atoms with Gasteiger partial charge in [-0.3, -0.25) is 9.69 Å². The van der Waals surface area contributed by atoms with Gasteiger partial charge in [-0.1, -0.05) is 72.8 Å². The number of alkyl halides is 3. The Morgan fingerprint density at radius 1 is 0.973 bits per heavy atom. The summed E-state index contributed by atoms with van der Waals surface area (Å²) in [5.74, 6) is -1.73. The molecule has 3 heterocycles. The van der Waals surface area contributed by atoms with E-state index in [9.17, 15) is 23.1 Å². The van der Waals surface area contributed by atoms with Crippen LogP contribution in [0.4, 0.5) is 13.2 Å². The van der Waals surface area contributed by atoms with Gasteiger partial charge in [0.15, 0.2) is 0 Å². The number of halogens is 4. The molecule has 4 nitrogen and oxygen atoms in total. The maximum Gasteiger partial charge on any atom is 0.416 e. The van der Waals surface area contributed by atoms with E-state index in [1.165, 1.54) is 6.07 Å². The Balaban J connectivity index is 0.00000320. The van der Waals surface area contributed by atoms with Crippen LogP contribution in [0.2, 0.25) is 0 Å². The molecule has 3 aromatic carbocycles. The van der Waals surface area contributed by atoms with E-state index in [1.807, 2.05) is 36.4 Å². The smallest absolute Gasteiger partial charge is 0.416 e. The Bertz CT molecular complexity index is 1150. The second-order valence-corrected chi connectivity index (χ2v) is 9.66. The first-order valence-corrected chi connectivity index (χ1v) is 12.2. The van der Waals surface area contributed by atoms with E-state index >= 15 is 0 Å². The van der Waals surface area contributed by atoms with E-state index < -0.39 is 29.7 Å². The largest absolute Gasteiger partial charge is 0.481 e. The zero-order valence-corrected chi connectivity index (χ0v) is 20.9. The summed E-state index contributed by atoms with van der Waals surface area (Å²) in [6.45, 7) is 1.18. The number of fused-ring (bicyclic) bond motifs is 3. The number of aliphatic carboxylic acids is 1. The molecule has 0 aromatic heterocycles. The minimum atomic E-state index is -4.44. The molecule has 5 atom stereocenters. The van der Waals surface area contributed by atoms with Crippen LogP contribution in [0, 0.1) is 11.8 Å². The summed E-state index contributed by atoms with van der Waals surface area (Å²) in [6.07, 6.45) is -4.21. The average molecular weight is 532 g/mol. The molecule has 6 rings (SSSR count). The molecule has 8 heteroatoms. The second-order valence-electron chi connectivity index (χ2n) is 9.66. The molecule has 37 heavy (non-hydrogen) atoms. The molecule has 0 spiro atoms. The van der Waals surface area contributed by atoms with Crippen molar-refractivity contribution in [2.24, 2.45) is 11.8 Å².